The average molecular weight is 376 g/mol. The predicted octanol–water partition coefficient (Wildman–Crippen LogP) is 2.76. The van der Waals surface area contributed by atoms with Gasteiger partial charge in [0.2, 0.25) is 0 Å². The minimum absolute atomic E-state index is 0.0454. The third-order valence-electron chi connectivity index (χ3n) is 2.17. The second-order valence-corrected chi connectivity index (χ2v) is 6.15. The first kappa shape index (κ1) is 13.2. The lowest BCUT2D eigenvalue weighted by atomic mass is 10.3. The first-order chi connectivity index (χ1) is 8.50. The van der Waals surface area contributed by atoms with Crippen LogP contribution in [0.15, 0.2) is 53.4 Å². The van der Waals surface area contributed by atoms with Crippen molar-refractivity contribution in [1.82, 2.24) is 0 Å². The molecule has 1 N–H and O–H groups in total. The number of phenols is 1. The minimum Gasteiger partial charge on any atom is -0.504 e. The van der Waals surface area contributed by atoms with Crippen molar-refractivity contribution in [3.63, 3.8) is 0 Å². The van der Waals surface area contributed by atoms with Crippen molar-refractivity contribution in [1.29, 1.82) is 0 Å². The first-order valence-corrected chi connectivity index (χ1v) is 7.46. The third-order valence-corrected chi connectivity index (χ3v) is 4.26. The van der Waals surface area contributed by atoms with Crippen LogP contribution in [0, 0.1) is 3.57 Å². The van der Waals surface area contributed by atoms with Crippen molar-refractivity contribution in [3.8, 4) is 11.5 Å². The molecule has 0 fully saturated rings. The summed E-state index contributed by atoms with van der Waals surface area (Å²) in [5.74, 6) is -0.261. The van der Waals surface area contributed by atoms with E-state index in [9.17, 15) is 13.5 Å². The number of rotatable bonds is 3. The van der Waals surface area contributed by atoms with Crippen LogP contribution < -0.4 is 4.18 Å². The first-order valence-electron chi connectivity index (χ1n) is 4.98. The lowest BCUT2D eigenvalue weighted by Gasteiger charge is -2.09. The van der Waals surface area contributed by atoms with Gasteiger partial charge in [-0.1, -0.05) is 24.3 Å². The summed E-state index contributed by atoms with van der Waals surface area (Å²) in [5, 5.41) is 9.61. The molecule has 0 aliphatic carbocycles. The van der Waals surface area contributed by atoms with Gasteiger partial charge in [0.05, 0.1) is 3.57 Å². The van der Waals surface area contributed by atoms with E-state index in [0.717, 1.165) is 0 Å². The van der Waals surface area contributed by atoms with Crippen LogP contribution in [0.4, 0.5) is 0 Å². The van der Waals surface area contributed by atoms with Gasteiger partial charge in [0.1, 0.15) is 4.90 Å². The Morgan fingerprint density at radius 3 is 2.28 bits per heavy atom. The van der Waals surface area contributed by atoms with Gasteiger partial charge in [0.15, 0.2) is 11.5 Å². The van der Waals surface area contributed by atoms with Crippen molar-refractivity contribution in [3.05, 3.63) is 52.1 Å². The molecule has 0 saturated carbocycles. The predicted molar refractivity (Wildman–Crippen MR) is 75.1 cm³/mol. The van der Waals surface area contributed by atoms with E-state index >= 15 is 0 Å². The van der Waals surface area contributed by atoms with Crippen LogP contribution in [0.3, 0.4) is 0 Å². The van der Waals surface area contributed by atoms with Gasteiger partial charge >= 0.3 is 10.1 Å². The molecule has 0 atom stereocenters. The maximum atomic E-state index is 12.0. The average Bonchev–Trinajstić information content (AvgIpc) is 2.35. The molecular weight excluding hydrogens is 367 g/mol. The molecule has 6 heteroatoms. The molecule has 0 aliphatic rings. The monoisotopic (exact) mass is 376 g/mol. The zero-order valence-corrected chi connectivity index (χ0v) is 12.1. The molecule has 4 nitrogen and oxygen atoms in total. The summed E-state index contributed by atoms with van der Waals surface area (Å²) in [6.45, 7) is 0. The quantitative estimate of drug-likeness (QED) is 0.661. The topological polar surface area (TPSA) is 63.6 Å². The van der Waals surface area contributed by atoms with Gasteiger partial charge in [-0.25, -0.2) is 0 Å². The fourth-order valence-corrected chi connectivity index (χ4v) is 3.05. The van der Waals surface area contributed by atoms with Crippen molar-refractivity contribution < 1.29 is 17.7 Å². The molecule has 2 rings (SSSR count). The number of hydrogen-bond acceptors (Lipinski definition) is 4. The van der Waals surface area contributed by atoms with E-state index in [1.165, 1.54) is 18.2 Å². The maximum absolute atomic E-state index is 12.0. The van der Waals surface area contributed by atoms with Gasteiger partial charge in [-0.3, -0.25) is 0 Å². The molecule has 2 aromatic rings. The Kier molecular flexibility index (Phi) is 3.76. The van der Waals surface area contributed by atoms with Crippen LogP contribution >= 0.6 is 22.6 Å². The van der Waals surface area contributed by atoms with Crippen LogP contribution in [0.1, 0.15) is 0 Å². The van der Waals surface area contributed by atoms with Crippen LogP contribution in [0.5, 0.6) is 11.5 Å². The molecule has 0 bridgehead atoms. The Bertz CT molecular complexity index is 633. The number of aromatic hydroxyl groups is 1. The number of para-hydroxylation sites is 1. The molecule has 0 saturated heterocycles. The van der Waals surface area contributed by atoms with Crippen LogP contribution in [-0.4, -0.2) is 13.5 Å². The SMILES string of the molecule is O=S(=O)(Oc1c(O)cccc1I)c1ccccc1. The van der Waals surface area contributed by atoms with Crippen molar-refractivity contribution >= 4 is 32.7 Å². The summed E-state index contributed by atoms with van der Waals surface area (Å²) >= 11 is 1.90. The number of hydrogen-bond donors (Lipinski definition) is 1. The van der Waals surface area contributed by atoms with Gasteiger partial charge in [-0.15, -0.1) is 0 Å². The van der Waals surface area contributed by atoms with Gasteiger partial charge in [0, 0.05) is 0 Å². The molecule has 0 aliphatic heterocycles. The van der Waals surface area contributed by atoms with Gasteiger partial charge in [-0.2, -0.15) is 8.42 Å². The summed E-state index contributed by atoms with van der Waals surface area (Å²) in [4.78, 5) is 0.0454. The number of phenolic OH excluding ortho intramolecular Hbond substituents is 1. The summed E-state index contributed by atoms with van der Waals surface area (Å²) in [6.07, 6.45) is 0. The highest BCUT2D eigenvalue weighted by Crippen LogP contribution is 2.33. The zero-order chi connectivity index (χ0) is 13.2. The lowest BCUT2D eigenvalue weighted by molar-refractivity contribution is 0.426. The van der Waals surface area contributed by atoms with Crippen LogP contribution in [-0.2, 0) is 10.1 Å². The summed E-state index contributed by atoms with van der Waals surface area (Å²) in [6, 6.07) is 12.4. The highest BCUT2D eigenvalue weighted by molar-refractivity contribution is 14.1. The van der Waals surface area contributed by atoms with E-state index in [0.29, 0.717) is 3.57 Å². The standard InChI is InChI=1S/C12H9IO4S/c13-10-7-4-8-11(14)12(10)17-18(15,16)9-5-2-1-3-6-9/h1-8,14H. The second kappa shape index (κ2) is 5.15. The van der Waals surface area contributed by atoms with Gasteiger partial charge in [-0.05, 0) is 46.9 Å². The van der Waals surface area contributed by atoms with E-state index < -0.39 is 10.1 Å². The van der Waals surface area contributed by atoms with Crippen LogP contribution in [0.2, 0.25) is 0 Å². The fraction of sp³-hybridized carbons (Fsp3) is 0. The van der Waals surface area contributed by atoms with E-state index in [4.69, 9.17) is 4.18 Å². The van der Waals surface area contributed by atoms with Crippen LogP contribution in [0.25, 0.3) is 0 Å². The Morgan fingerprint density at radius 1 is 1.00 bits per heavy atom. The van der Waals surface area contributed by atoms with E-state index in [2.05, 4.69) is 0 Å². The maximum Gasteiger partial charge on any atom is 0.339 e. The summed E-state index contributed by atoms with van der Waals surface area (Å²) < 4.78 is 29.4. The van der Waals surface area contributed by atoms with E-state index in [1.54, 1.807) is 30.3 Å². The Labute approximate surface area is 118 Å². The molecule has 0 heterocycles. The number of benzene rings is 2. The van der Waals surface area contributed by atoms with Crippen molar-refractivity contribution in [2.45, 2.75) is 4.90 Å². The molecular formula is C12H9IO4S. The van der Waals surface area contributed by atoms with Crippen molar-refractivity contribution in [2.24, 2.45) is 0 Å². The highest BCUT2D eigenvalue weighted by atomic mass is 127. The molecule has 0 spiro atoms. The Hall–Kier alpha value is -1.28. The molecule has 0 aromatic heterocycles. The minimum atomic E-state index is -3.92. The van der Waals surface area contributed by atoms with Gasteiger partial charge < -0.3 is 9.29 Å². The Morgan fingerprint density at radius 2 is 1.67 bits per heavy atom. The summed E-state index contributed by atoms with van der Waals surface area (Å²) in [5.41, 5.74) is 0. The largest absolute Gasteiger partial charge is 0.504 e. The van der Waals surface area contributed by atoms with E-state index in [-0.39, 0.29) is 16.4 Å². The zero-order valence-electron chi connectivity index (χ0n) is 9.08. The second-order valence-electron chi connectivity index (χ2n) is 3.44. The highest BCUT2D eigenvalue weighted by Gasteiger charge is 2.19. The third kappa shape index (κ3) is 2.75. The smallest absolute Gasteiger partial charge is 0.339 e. The molecule has 0 radical (unpaired) electrons. The van der Waals surface area contributed by atoms with E-state index in [1.807, 2.05) is 22.6 Å². The molecule has 0 unspecified atom stereocenters. The number of halogens is 1. The Balaban J connectivity index is 2.41. The molecule has 18 heavy (non-hydrogen) atoms. The normalized spacial score (nSPS) is 11.2. The molecule has 0 amide bonds. The molecule has 2 aromatic carbocycles. The fourth-order valence-electron chi connectivity index (χ4n) is 1.32. The lowest BCUT2D eigenvalue weighted by Crippen LogP contribution is -2.10. The summed E-state index contributed by atoms with van der Waals surface area (Å²) in [7, 11) is -3.92. The van der Waals surface area contributed by atoms with Crippen molar-refractivity contribution in [2.75, 3.05) is 0 Å². The van der Waals surface area contributed by atoms with Gasteiger partial charge in [0.25, 0.3) is 0 Å². The molecule has 94 valence electrons.